The van der Waals surface area contributed by atoms with Crippen LogP contribution in [0.2, 0.25) is 0 Å². The van der Waals surface area contributed by atoms with E-state index in [1.165, 1.54) is 0 Å². The van der Waals surface area contributed by atoms with Crippen molar-refractivity contribution in [1.82, 2.24) is 9.38 Å². The minimum absolute atomic E-state index is 0.616. The van der Waals surface area contributed by atoms with Gasteiger partial charge in [-0.05, 0) is 22.0 Å². The molecule has 2 heterocycles. The molecule has 0 radical (unpaired) electrons. The molecule has 0 aliphatic heterocycles. The van der Waals surface area contributed by atoms with Crippen molar-refractivity contribution in [2.24, 2.45) is 0 Å². The molecule has 0 aliphatic rings. The summed E-state index contributed by atoms with van der Waals surface area (Å²) in [5.41, 5.74) is 1.54. The van der Waals surface area contributed by atoms with E-state index in [0.717, 1.165) is 10.1 Å². The smallest absolute Gasteiger partial charge is 0.142 e. The molecule has 0 atom stereocenters. The Kier molecular flexibility index (Phi) is 1.26. The van der Waals surface area contributed by atoms with Gasteiger partial charge in [0, 0.05) is 16.9 Å². The minimum atomic E-state index is 0.616. The van der Waals surface area contributed by atoms with Gasteiger partial charge in [0.05, 0.1) is 0 Å². The molecule has 0 aliphatic carbocycles. The van der Waals surface area contributed by atoms with Crippen molar-refractivity contribution in [3.8, 4) is 6.07 Å². The number of nitrogens with zero attached hydrogens (tertiary/aromatic N) is 2. The number of rotatable bonds is 0. The topological polar surface area (TPSA) is 44.0 Å². The summed E-state index contributed by atoms with van der Waals surface area (Å²) in [4.78, 5) is 2.97. The Morgan fingerprint density at radius 1 is 1.64 bits per heavy atom. The summed E-state index contributed by atoms with van der Waals surface area (Å²) in [7, 11) is 0. The average molecular weight is 210 g/mol. The number of nitriles is 1. The van der Waals surface area contributed by atoms with Gasteiger partial charge in [0.25, 0.3) is 0 Å². The second-order valence-corrected chi connectivity index (χ2v) is 3.11. The number of aromatic nitrogens is 2. The Bertz CT molecular complexity index is 432. The Morgan fingerprint density at radius 2 is 2.45 bits per heavy atom. The lowest BCUT2D eigenvalue weighted by Crippen LogP contribution is -1.79. The quantitative estimate of drug-likeness (QED) is 0.708. The number of hydrogen-bond acceptors (Lipinski definition) is 1. The zero-order valence-corrected chi connectivity index (χ0v) is 7.09. The number of nitrogens with one attached hydrogen (secondary N) is 1. The fraction of sp³-hybridized carbons (Fsp3) is 0. The highest BCUT2D eigenvalue weighted by Crippen LogP contribution is 2.15. The third-order valence-corrected chi connectivity index (χ3v) is 1.95. The molecule has 0 saturated heterocycles. The number of H-pyrrole nitrogens is 1. The summed E-state index contributed by atoms with van der Waals surface area (Å²) in [6, 6.07) is 3.99. The minimum Gasteiger partial charge on any atom is -0.345 e. The number of imidazole rings is 1. The zero-order valence-electron chi connectivity index (χ0n) is 5.50. The van der Waals surface area contributed by atoms with Crippen LogP contribution >= 0.6 is 15.9 Å². The molecule has 0 fully saturated rings. The number of aromatic amines is 1. The predicted molar refractivity (Wildman–Crippen MR) is 44.2 cm³/mol. The van der Waals surface area contributed by atoms with Crippen LogP contribution in [0.25, 0.3) is 5.65 Å². The van der Waals surface area contributed by atoms with E-state index >= 15 is 0 Å². The van der Waals surface area contributed by atoms with Gasteiger partial charge in [-0.2, -0.15) is 5.26 Å². The highest BCUT2D eigenvalue weighted by atomic mass is 79.9. The van der Waals surface area contributed by atoms with Gasteiger partial charge in [0.1, 0.15) is 17.4 Å². The van der Waals surface area contributed by atoms with Gasteiger partial charge >= 0.3 is 0 Å². The third kappa shape index (κ3) is 0.854. The lowest BCUT2D eigenvalue weighted by atomic mass is 10.5. The molecule has 2 rings (SSSR count). The van der Waals surface area contributed by atoms with Crippen LogP contribution in [0.4, 0.5) is 0 Å². The molecule has 0 saturated carbocycles. The molecule has 1 N–H and O–H groups in total. The summed E-state index contributed by atoms with van der Waals surface area (Å²) < 4.78 is 2.77. The van der Waals surface area contributed by atoms with Crippen molar-refractivity contribution < 1.29 is 0 Å². The monoisotopic (exact) mass is 209 g/mol. The fourth-order valence-corrected chi connectivity index (χ4v) is 1.46. The molecular formula is C7H4BrN3. The van der Waals surface area contributed by atoms with E-state index in [4.69, 9.17) is 5.26 Å². The summed E-state index contributed by atoms with van der Waals surface area (Å²) >= 11 is 3.32. The standard InChI is InChI=1S/C7H4BrN3/c8-5-1-7-10-3-6(2-9)11(7)4-5/h1,3-4,10H. The van der Waals surface area contributed by atoms with Gasteiger partial charge in [-0.3, -0.25) is 4.40 Å². The summed E-state index contributed by atoms with van der Waals surface area (Å²) in [6.07, 6.45) is 3.53. The predicted octanol–water partition coefficient (Wildman–Crippen LogP) is 1.90. The van der Waals surface area contributed by atoms with Gasteiger partial charge in [0.2, 0.25) is 0 Å². The highest BCUT2D eigenvalue weighted by Gasteiger charge is 2.01. The van der Waals surface area contributed by atoms with E-state index in [9.17, 15) is 0 Å². The van der Waals surface area contributed by atoms with Crippen molar-refractivity contribution >= 4 is 21.6 Å². The Morgan fingerprint density at radius 3 is 3.18 bits per heavy atom. The van der Waals surface area contributed by atoms with Crippen molar-refractivity contribution in [3.05, 3.63) is 28.6 Å². The number of fused-ring (bicyclic) bond motifs is 1. The first-order valence-electron chi connectivity index (χ1n) is 3.06. The Hall–Kier alpha value is -1.21. The van der Waals surface area contributed by atoms with Crippen LogP contribution in [0.3, 0.4) is 0 Å². The zero-order chi connectivity index (χ0) is 7.84. The number of hydrogen-bond donors (Lipinski definition) is 1. The molecule has 4 heteroatoms. The van der Waals surface area contributed by atoms with Crippen molar-refractivity contribution in [2.45, 2.75) is 0 Å². The molecule has 0 bridgehead atoms. The van der Waals surface area contributed by atoms with Crippen LogP contribution in [0.1, 0.15) is 5.69 Å². The van der Waals surface area contributed by atoms with E-state index in [1.807, 2.05) is 12.3 Å². The maximum atomic E-state index is 8.63. The van der Waals surface area contributed by atoms with E-state index in [-0.39, 0.29) is 0 Å². The normalized spacial score (nSPS) is 10.2. The highest BCUT2D eigenvalue weighted by molar-refractivity contribution is 9.10. The molecule has 3 nitrogen and oxygen atoms in total. The molecule has 0 unspecified atom stereocenters. The number of halogens is 1. The lowest BCUT2D eigenvalue weighted by molar-refractivity contribution is 1.18. The molecule has 0 aromatic carbocycles. The second kappa shape index (κ2) is 2.14. The largest absolute Gasteiger partial charge is 0.345 e. The molecule has 11 heavy (non-hydrogen) atoms. The van der Waals surface area contributed by atoms with E-state index in [1.54, 1.807) is 10.6 Å². The molecular weight excluding hydrogens is 206 g/mol. The maximum absolute atomic E-state index is 8.63. The first kappa shape index (κ1) is 6.50. The van der Waals surface area contributed by atoms with Gasteiger partial charge < -0.3 is 4.98 Å². The van der Waals surface area contributed by atoms with Crippen LogP contribution in [-0.4, -0.2) is 9.38 Å². The van der Waals surface area contributed by atoms with Crippen LogP contribution in [0, 0.1) is 11.3 Å². The van der Waals surface area contributed by atoms with Crippen molar-refractivity contribution in [2.75, 3.05) is 0 Å². The van der Waals surface area contributed by atoms with E-state index < -0.39 is 0 Å². The first-order chi connectivity index (χ1) is 5.31. The van der Waals surface area contributed by atoms with Crippen LogP contribution in [0.5, 0.6) is 0 Å². The van der Waals surface area contributed by atoms with Crippen LogP contribution in [-0.2, 0) is 0 Å². The van der Waals surface area contributed by atoms with Crippen molar-refractivity contribution in [1.29, 1.82) is 5.26 Å². The molecule has 0 amide bonds. The molecule has 2 aromatic heterocycles. The molecule has 2 aromatic rings. The van der Waals surface area contributed by atoms with Gasteiger partial charge in [0.15, 0.2) is 0 Å². The summed E-state index contributed by atoms with van der Waals surface area (Å²) in [5, 5.41) is 8.63. The third-order valence-electron chi connectivity index (χ3n) is 1.52. The lowest BCUT2D eigenvalue weighted by Gasteiger charge is -1.81. The van der Waals surface area contributed by atoms with E-state index in [0.29, 0.717) is 5.69 Å². The van der Waals surface area contributed by atoms with Crippen molar-refractivity contribution in [3.63, 3.8) is 0 Å². The van der Waals surface area contributed by atoms with Crippen LogP contribution < -0.4 is 0 Å². The SMILES string of the molecule is N#Cc1c[nH]c2cc(Br)cn12. The summed E-state index contributed by atoms with van der Waals surface area (Å²) in [5.74, 6) is 0. The second-order valence-electron chi connectivity index (χ2n) is 2.20. The molecule has 0 spiro atoms. The first-order valence-corrected chi connectivity index (χ1v) is 3.85. The van der Waals surface area contributed by atoms with Crippen LogP contribution in [0.15, 0.2) is 22.9 Å². The van der Waals surface area contributed by atoms with E-state index in [2.05, 4.69) is 27.0 Å². The van der Waals surface area contributed by atoms with Gasteiger partial charge in [-0.1, -0.05) is 0 Å². The molecule has 54 valence electrons. The Balaban J connectivity index is 2.86. The van der Waals surface area contributed by atoms with Gasteiger partial charge in [-0.15, -0.1) is 0 Å². The van der Waals surface area contributed by atoms with Gasteiger partial charge in [-0.25, -0.2) is 0 Å². The average Bonchev–Trinajstić information content (AvgIpc) is 2.45. The Labute approximate surface area is 71.4 Å². The fourth-order valence-electron chi connectivity index (χ4n) is 1.04. The summed E-state index contributed by atoms with van der Waals surface area (Å²) in [6.45, 7) is 0. The maximum Gasteiger partial charge on any atom is 0.142 e.